The van der Waals surface area contributed by atoms with Crippen LogP contribution in [0.5, 0.6) is 0 Å². The summed E-state index contributed by atoms with van der Waals surface area (Å²) in [6.07, 6.45) is 3.51. The van der Waals surface area contributed by atoms with Gasteiger partial charge in [-0.3, -0.25) is 0 Å². The Labute approximate surface area is 124 Å². The lowest BCUT2D eigenvalue weighted by Gasteiger charge is -2.19. The van der Waals surface area contributed by atoms with Crippen LogP contribution in [0.4, 0.5) is 0 Å². The first-order chi connectivity index (χ1) is 10.2. The minimum absolute atomic E-state index is 0.116. The first kappa shape index (κ1) is 13.9. The molecule has 1 atom stereocenters. The van der Waals surface area contributed by atoms with Crippen molar-refractivity contribution in [2.75, 3.05) is 13.1 Å². The molecule has 1 fully saturated rings. The Kier molecular flexibility index (Phi) is 3.84. The van der Waals surface area contributed by atoms with Crippen LogP contribution in [0.25, 0.3) is 11.0 Å². The third-order valence-corrected chi connectivity index (χ3v) is 4.31. The molecule has 21 heavy (non-hydrogen) atoms. The fourth-order valence-corrected chi connectivity index (χ4v) is 3.02. The largest absolute Gasteiger partial charge is 0.461 e. The molecule has 0 saturated carbocycles. The molecule has 2 heterocycles. The lowest BCUT2D eigenvalue weighted by molar-refractivity contribution is 0.266. The molecule has 5 heteroatoms. The number of amidine groups is 1. The molecule has 3 N–H and O–H groups in total. The van der Waals surface area contributed by atoms with Gasteiger partial charge in [0, 0.05) is 30.0 Å². The molecule has 1 aromatic carbocycles. The Morgan fingerprint density at radius 2 is 2.33 bits per heavy atom. The van der Waals surface area contributed by atoms with Crippen molar-refractivity contribution in [3.8, 4) is 0 Å². The van der Waals surface area contributed by atoms with Crippen LogP contribution < -0.4 is 5.73 Å². The first-order valence-electron chi connectivity index (χ1n) is 7.42. The van der Waals surface area contributed by atoms with E-state index in [1.807, 2.05) is 18.2 Å². The SMILES string of the molecule is C[C@@H]1CCCN1CCc1cc2cc(/C(N)=N/O)ccc2o1. The Bertz CT molecular complexity index is 663. The van der Waals surface area contributed by atoms with Gasteiger partial charge in [0.25, 0.3) is 0 Å². The lowest BCUT2D eigenvalue weighted by atomic mass is 10.1. The molecule has 1 aliphatic rings. The van der Waals surface area contributed by atoms with Gasteiger partial charge in [0.05, 0.1) is 0 Å². The van der Waals surface area contributed by atoms with Crippen molar-refractivity contribution in [3.05, 3.63) is 35.6 Å². The van der Waals surface area contributed by atoms with Crippen LogP contribution in [-0.2, 0) is 6.42 Å². The highest BCUT2D eigenvalue weighted by Crippen LogP contribution is 2.22. The van der Waals surface area contributed by atoms with E-state index in [2.05, 4.69) is 17.0 Å². The number of hydrogen-bond acceptors (Lipinski definition) is 4. The van der Waals surface area contributed by atoms with Crippen LogP contribution in [0.2, 0.25) is 0 Å². The van der Waals surface area contributed by atoms with Crippen LogP contribution in [0.3, 0.4) is 0 Å². The molecule has 1 saturated heterocycles. The predicted molar refractivity (Wildman–Crippen MR) is 82.7 cm³/mol. The summed E-state index contributed by atoms with van der Waals surface area (Å²) >= 11 is 0. The molecule has 0 radical (unpaired) electrons. The second-order valence-electron chi connectivity index (χ2n) is 5.73. The van der Waals surface area contributed by atoms with E-state index in [0.717, 1.165) is 29.7 Å². The van der Waals surface area contributed by atoms with Crippen LogP contribution in [0.15, 0.2) is 33.8 Å². The molecule has 3 rings (SSSR count). The summed E-state index contributed by atoms with van der Waals surface area (Å²) in [5, 5.41) is 12.7. The molecule has 1 aliphatic heterocycles. The average Bonchev–Trinajstić information content (AvgIpc) is 3.08. The summed E-state index contributed by atoms with van der Waals surface area (Å²) in [6, 6.07) is 8.28. The molecule has 2 aromatic rings. The van der Waals surface area contributed by atoms with E-state index in [-0.39, 0.29) is 5.84 Å². The van der Waals surface area contributed by atoms with Crippen molar-refractivity contribution in [1.82, 2.24) is 4.90 Å². The van der Waals surface area contributed by atoms with Crippen molar-refractivity contribution < 1.29 is 9.62 Å². The van der Waals surface area contributed by atoms with Crippen molar-refractivity contribution in [1.29, 1.82) is 0 Å². The highest BCUT2D eigenvalue weighted by atomic mass is 16.4. The number of hydrogen-bond donors (Lipinski definition) is 2. The molecule has 0 bridgehead atoms. The average molecular weight is 287 g/mol. The number of fused-ring (bicyclic) bond motifs is 1. The topological polar surface area (TPSA) is 75.0 Å². The maximum Gasteiger partial charge on any atom is 0.170 e. The van der Waals surface area contributed by atoms with Gasteiger partial charge in [0.2, 0.25) is 0 Å². The van der Waals surface area contributed by atoms with Gasteiger partial charge < -0.3 is 20.3 Å². The zero-order valence-corrected chi connectivity index (χ0v) is 12.2. The van der Waals surface area contributed by atoms with Gasteiger partial charge in [-0.1, -0.05) is 5.16 Å². The number of likely N-dealkylation sites (tertiary alicyclic amines) is 1. The number of benzene rings is 1. The van der Waals surface area contributed by atoms with Gasteiger partial charge >= 0.3 is 0 Å². The quantitative estimate of drug-likeness (QED) is 0.392. The molecule has 0 unspecified atom stereocenters. The smallest absolute Gasteiger partial charge is 0.170 e. The maximum atomic E-state index is 8.73. The van der Waals surface area contributed by atoms with Gasteiger partial charge in [-0.05, 0) is 50.6 Å². The number of oxime groups is 1. The van der Waals surface area contributed by atoms with E-state index < -0.39 is 0 Å². The van der Waals surface area contributed by atoms with E-state index in [1.54, 1.807) is 6.07 Å². The lowest BCUT2D eigenvalue weighted by Crippen LogP contribution is -2.28. The second-order valence-corrected chi connectivity index (χ2v) is 5.73. The summed E-state index contributed by atoms with van der Waals surface area (Å²) < 4.78 is 5.86. The zero-order valence-electron chi connectivity index (χ0n) is 12.2. The highest BCUT2D eigenvalue weighted by molar-refractivity contribution is 6.00. The standard InChI is InChI=1S/C16H21N3O2/c1-11-3-2-7-19(11)8-6-14-10-13-9-12(16(17)18-20)4-5-15(13)21-14/h4-5,9-11,20H,2-3,6-8H2,1H3,(H2,17,18)/t11-/m1/s1. The van der Waals surface area contributed by atoms with Crippen LogP contribution in [-0.4, -0.2) is 35.1 Å². The summed E-state index contributed by atoms with van der Waals surface area (Å²) in [5.41, 5.74) is 7.15. The number of nitrogens with zero attached hydrogens (tertiary/aromatic N) is 2. The molecular weight excluding hydrogens is 266 g/mol. The van der Waals surface area contributed by atoms with Crippen molar-refractivity contribution in [2.24, 2.45) is 10.9 Å². The summed E-state index contributed by atoms with van der Waals surface area (Å²) in [7, 11) is 0. The van der Waals surface area contributed by atoms with E-state index >= 15 is 0 Å². The van der Waals surface area contributed by atoms with Crippen molar-refractivity contribution in [3.63, 3.8) is 0 Å². The monoisotopic (exact) mass is 287 g/mol. The molecule has 5 nitrogen and oxygen atoms in total. The van der Waals surface area contributed by atoms with E-state index in [4.69, 9.17) is 15.4 Å². The van der Waals surface area contributed by atoms with E-state index in [9.17, 15) is 0 Å². The van der Waals surface area contributed by atoms with E-state index in [1.165, 1.54) is 19.4 Å². The molecule has 112 valence electrons. The van der Waals surface area contributed by atoms with Gasteiger partial charge in [-0.15, -0.1) is 0 Å². The number of furan rings is 1. The first-order valence-corrected chi connectivity index (χ1v) is 7.42. The van der Waals surface area contributed by atoms with E-state index in [0.29, 0.717) is 11.6 Å². The van der Waals surface area contributed by atoms with Gasteiger partial charge in [-0.25, -0.2) is 0 Å². The fourth-order valence-electron chi connectivity index (χ4n) is 3.02. The second kappa shape index (κ2) is 5.77. The Morgan fingerprint density at radius 3 is 3.05 bits per heavy atom. The molecular formula is C16H21N3O2. The Morgan fingerprint density at radius 1 is 1.48 bits per heavy atom. The number of rotatable bonds is 4. The van der Waals surface area contributed by atoms with Crippen molar-refractivity contribution in [2.45, 2.75) is 32.2 Å². The molecule has 0 amide bonds. The van der Waals surface area contributed by atoms with Gasteiger partial charge in [-0.2, -0.15) is 0 Å². The van der Waals surface area contributed by atoms with Crippen LogP contribution in [0, 0.1) is 0 Å². The van der Waals surface area contributed by atoms with Gasteiger partial charge in [0.15, 0.2) is 5.84 Å². The molecule has 0 spiro atoms. The minimum atomic E-state index is 0.116. The zero-order chi connectivity index (χ0) is 14.8. The Balaban J connectivity index is 1.74. The third kappa shape index (κ3) is 2.88. The van der Waals surface area contributed by atoms with Crippen molar-refractivity contribution >= 4 is 16.8 Å². The molecule has 1 aromatic heterocycles. The van der Waals surface area contributed by atoms with Crippen LogP contribution >= 0.6 is 0 Å². The maximum absolute atomic E-state index is 8.73. The molecule has 0 aliphatic carbocycles. The fraction of sp³-hybridized carbons (Fsp3) is 0.438. The summed E-state index contributed by atoms with van der Waals surface area (Å²) in [6.45, 7) is 4.51. The number of nitrogens with two attached hydrogens (primary N) is 1. The van der Waals surface area contributed by atoms with Crippen LogP contribution in [0.1, 0.15) is 31.1 Å². The van der Waals surface area contributed by atoms with Gasteiger partial charge in [0.1, 0.15) is 11.3 Å². The third-order valence-electron chi connectivity index (χ3n) is 4.31. The minimum Gasteiger partial charge on any atom is -0.461 e. The predicted octanol–water partition coefficient (Wildman–Crippen LogP) is 2.55. The summed E-state index contributed by atoms with van der Waals surface area (Å²) in [5.74, 6) is 1.10. The summed E-state index contributed by atoms with van der Waals surface area (Å²) in [4.78, 5) is 2.51. The Hall–Kier alpha value is -2.01. The normalized spacial score (nSPS) is 20.4. The highest BCUT2D eigenvalue weighted by Gasteiger charge is 2.20.